The van der Waals surface area contributed by atoms with E-state index in [9.17, 15) is 24.0 Å². The molecule has 0 saturated carbocycles. The van der Waals surface area contributed by atoms with Gasteiger partial charge < -0.3 is 249 Å². The zero-order valence-electron chi connectivity index (χ0n) is 38.1. The van der Waals surface area contributed by atoms with E-state index in [0.29, 0.717) is 68.6 Å². The second kappa shape index (κ2) is 292. The third-order valence-corrected chi connectivity index (χ3v) is 1.19. The van der Waals surface area contributed by atoms with Crippen molar-refractivity contribution in [2.24, 2.45) is 0 Å². The van der Waals surface area contributed by atoms with E-state index >= 15 is 0 Å². The van der Waals surface area contributed by atoms with Gasteiger partial charge in [-0.15, -0.1) is 0 Å². The molecule has 0 aliphatic carbocycles. The Morgan fingerprint density at radius 1 is 0.318 bits per heavy atom. The molecule has 0 heterocycles. The Balaban J connectivity index is -0.00000000748. The predicted octanol–water partition coefficient (Wildman–Crippen LogP) is 17.4. The normalized spacial score (nSPS) is 4.71. The molecule has 0 spiro atoms. The summed E-state index contributed by atoms with van der Waals surface area (Å²) >= 11 is 9.20. The molecule has 0 aromatic carbocycles. The van der Waals surface area contributed by atoms with Crippen molar-refractivity contribution in [1.29, 1.82) is 0 Å². The number of hydrogen-bond acceptors (Lipinski definition) is 10. The molecule has 3 amide bonds. The van der Waals surface area contributed by atoms with Crippen molar-refractivity contribution in [1.82, 2.24) is 0 Å². The Labute approximate surface area is 585 Å². The van der Waals surface area contributed by atoms with E-state index in [-0.39, 0.29) is 266 Å². The number of methoxy groups -OCH3 is 5. The minimum Gasteiger partial charge on any atom is -0.693 e. The summed E-state index contributed by atoms with van der Waals surface area (Å²) < 4.78 is 19.1. The number of nitrogens with one attached hydrogen (secondary N) is 3. The summed E-state index contributed by atoms with van der Waals surface area (Å²) in [6.07, 6.45) is -2.99. The van der Waals surface area contributed by atoms with Crippen LogP contribution in [-0.4, -0.2) is 64.7 Å². The van der Waals surface area contributed by atoms with Crippen LogP contribution in [-0.2, 0) is 256 Å². The fourth-order valence-corrected chi connectivity index (χ4v) is 0. The molecule has 0 aromatic rings. The molecule has 0 aliphatic rings. The molecule has 0 aliphatic heterocycles. The van der Waals surface area contributed by atoms with Crippen LogP contribution in [0.5, 0.6) is 0 Å². The minimum atomic E-state index is -0.995. The van der Waals surface area contributed by atoms with Crippen molar-refractivity contribution < 1.29 is 280 Å². The number of rotatable bonds is 0. The Morgan fingerprint density at radius 3 is 0.348 bits per heavy atom. The van der Waals surface area contributed by atoms with Crippen LogP contribution in [0.15, 0.2) is 0 Å². The molecule has 0 atom stereocenters. The molecule has 9 N–H and O–H groups in total. The van der Waals surface area contributed by atoms with Crippen molar-refractivity contribution in [3.63, 3.8) is 0 Å². The number of amides is 3. The Morgan fingerprint density at radius 2 is 0.348 bits per heavy atom. The number of carbonyl (C=O) groups is 5. The molecular weight excluding hydrogens is 2040 g/mol. The van der Waals surface area contributed by atoms with Gasteiger partial charge in [-0.05, 0) is 0 Å². The van der Waals surface area contributed by atoms with Crippen molar-refractivity contribution in [3.8, 4) is 0 Å². The quantitative estimate of drug-likeness (QED) is 0.0955. The molecule has 0 fully saturated rings. The molecule has 38 heteroatoms. The largest absolute Gasteiger partial charge is 2.00 e. The topological polar surface area (TPSA) is 303 Å². The maximum Gasteiger partial charge on any atom is 2.00 e. The standard InChI is InChI=1S/2C2H3ClO2.3C2H5NO2.8C2H5P.2CH3.3H2N.8V.4W/c5*1-5-2(3)4;8*1-3-2;;;;;;;;;;;;;;;;;/h2*1H3;3*1H3,(H2,3,4);8*3H,1-2H2;2*1H3;3*1H2;;;;;;;;;;;;/q;;;;;8*-2;5*-1;12*+2/p-3. The second-order valence-corrected chi connectivity index (χ2v) is 8.98. The van der Waals surface area contributed by atoms with E-state index in [2.05, 4.69) is 154 Å². The van der Waals surface area contributed by atoms with Crippen molar-refractivity contribution in [2.45, 2.75) is 0 Å². The average Bonchev–Trinajstić information content (AvgIpc) is 3.01. The minimum absolute atomic E-state index is 0. The van der Waals surface area contributed by atoms with Crippen LogP contribution in [0.25, 0.3) is 35.7 Å². The van der Waals surface area contributed by atoms with Gasteiger partial charge in [0.05, 0.1) is 35.5 Å². The number of nitrogens with two attached hydrogens (primary N) is 3. The second-order valence-electron chi connectivity index (χ2n) is 4.36. The smallest absolute Gasteiger partial charge is 0.693 e. The summed E-state index contributed by atoms with van der Waals surface area (Å²) in [7, 11) is 10.6. The van der Waals surface area contributed by atoms with Crippen molar-refractivity contribution in [2.75, 3.05) is 35.5 Å². The molecule has 0 saturated heterocycles. The first-order valence-corrected chi connectivity index (χ1v) is 22.9. The van der Waals surface area contributed by atoms with Crippen LogP contribution in [0.3, 0.4) is 0 Å². The first-order chi connectivity index (χ1) is 22.7. The molecule has 0 rings (SSSR count). The van der Waals surface area contributed by atoms with Crippen LogP contribution in [0.2, 0.25) is 0 Å². The summed E-state index contributed by atoms with van der Waals surface area (Å²) in [5.74, 6) is 0. The summed E-state index contributed by atoms with van der Waals surface area (Å²) in [5, 5.41) is 0. The van der Waals surface area contributed by atoms with Gasteiger partial charge >= 0.3 is 244 Å². The fraction of sp³-hybridized carbons (Fsp3) is 0.179. The molecule has 0 aromatic heterocycles. The first-order valence-electron chi connectivity index (χ1n) is 10.9. The number of carbonyl (C=O) groups excluding carboxylic acids is 5. The van der Waals surface area contributed by atoms with Gasteiger partial charge in [0.1, 0.15) is 0 Å². The maximum absolute atomic E-state index is 9.36. The van der Waals surface area contributed by atoms with E-state index in [1.54, 1.807) is 0 Å². The van der Waals surface area contributed by atoms with Crippen LogP contribution >= 0.6 is 91.8 Å². The van der Waals surface area contributed by atoms with Gasteiger partial charge in [-0.25, -0.2) is 9.59 Å². The summed E-state index contributed by atoms with van der Waals surface area (Å²) in [4.78, 5) is 46.5. The van der Waals surface area contributed by atoms with Crippen molar-refractivity contribution >= 4 is 121 Å². The fourth-order valence-electron chi connectivity index (χ4n) is 0. The zero-order chi connectivity index (χ0) is 43.1. The monoisotopic (exact) mass is 2110 g/mol. The number of halogens is 2. The third kappa shape index (κ3) is 1110. The molecule has 0 unspecified atom stereocenters. The Hall–Kier alpha value is 8.08. The summed E-state index contributed by atoms with van der Waals surface area (Å²) in [5.41, 5.74) is 16.3. The van der Waals surface area contributed by atoms with Gasteiger partial charge in [-0.2, -0.15) is 0 Å². The maximum atomic E-state index is 9.36. The van der Waals surface area contributed by atoms with Crippen LogP contribution in [0.4, 0.5) is 24.0 Å². The van der Waals surface area contributed by atoms with Gasteiger partial charge in [0.25, 0.3) is 0 Å². The first kappa shape index (κ1) is 204. The van der Waals surface area contributed by atoms with E-state index in [0.717, 1.165) is 21.3 Å². The average molecular weight is 2110 g/mol. The van der Waals surface area contributed by atoms with Gasteiger partial charge in [-0.1, -0.05) is 0 Å². The van der Waals surface area contributed by atoms with Gasteiger partial charge in [0.2, 0.25) is 18.3 Å². The van der Waals surface area contributed by atoms with Gasteiger partial charge in [0.15, 0.2) is 0 Å². The Kier molecular flexibility index (Phi) is 900. The molecular formula is C28H70Cl2N6O10P8V8W4. The molecule has 0 bridgehead atoms. The van der Waals surface area contributed by atoms with Crippen LogP contribution in [0.1, 0.15) is 0 Å². The zero-order valence-corrected chi connectivity index (χ0v) is 70.5. The molecule has 16 nitrogen and oxygen atoms in total. The SMILES string of the molecule is COC(=O)Cl.COC(=O)Cl.COC([NH-])=O.COC([NH-])=O.COC([NH-])=O.[CH2-]P[CH2-].[CH2-]P[CH2-].[CH2-]P[CH2-].[CH2-]P[CH2-].[CH2-]P[CH2-].[CH2-]P[CH2-].[CH2-]P[CH2-].[CH2-]P[CH2-].[CH3-].[CH3-].[NH2-].[NH2-].[NH2-].[V+2].[V+2].[V+2].[V+2].[V+2].[V+2].[V+2].[V+2].[W+2].[W+2].[W+2].[W+2]. The molecule has 66 heavy (non-hydrogen) atoms. The summed E-state index contributed by atoms with van der Waals surface area (Å²) in [6, 6.07) is 0. The summed E-state index contributed by atoms with van der Waals surface area (Å²) in [6.45, 7) is 54.4. The van der Waals surface area contributed by atoms with Crippen molar-refractivity contribution in [3.05, 3.63) is 157 Å². The number of hydrogen-bond donors (Lipinski definition) is 0. The van der Waals surface area contributed by atoms with E-state index in [1.165, 1.54) is 14.2 Å². The molecule has 390 valence electrons. The van der Waals surface area contributed by atoms with E-state index in [4.69, 9.17) is 17.2 Å². The van der Waals surface area contributed by atoms with Crippen LogP contribution < -0.4 is 0 Å². The van der Waals surface area contributed by atoms with Gasteiger partial charge in [0, 0.05) is 23.2 Å². The number of ether oxygens (including phenoxy) is 5. The molecule has 8 radical (unpaired) electrons. The van der Waals surface area contributed by atoms with E-state index < -0.39 is 29.1 Å². The van der Waals surface area contributed by atoms with Gasteiger partial charge in [-0.3, -0.25) is 14.4 Å². The Bertz CT molecular complexity index is 499. The third-order valence-electron chi connectivity index (χ3n) is 0.877. The predicted molar refractivity (Wildman–Crippen MR) is 268 cm³/mol. The van der Waals surface area contributed by atoms with E-state index in [1.807, 2.05) is 0 Å². The van der Waals surface area contributed by atoms with Crippen LogP contribution in [0, 0.1) is 121 Å².